The van der Waals surface area contributed by atoms with Crippen LogP contribution in [-0.2, 0) is 0 Å². The van der Waals surface area contributed by atoms with E-state index in [0.29, 0.717) is 17.3 Å². The summed E-state index contributed by atoms with van der Waals surface area (Å²) in [5.74, 6) is 1.06. The predicted molar refractivity (Wildman–Crippen MR) is 84.5 cm³/mol. The van der Waals surface area contributed by atoms with Crippen molar-refractivity contribution in [3.8, 4) is 0 Å². The molecule has 6 nitrogen and oxygen atoms in total. The van der Waals surface area contributed by atoms with Gasteiger partial charge in [0.05, 0.1) is 0 Å². The first kappa shape index (κ1) is 14.8. The molecule has 0 bridgehead atoms. The zero-order valence-corrected chi connectivity index (χ0v) is 12.3. The molecule has 0 radical (unpaired) electrons. The number of anilines is 3. The minimum atomic E-state index is -0.355. The van der Waals surface area contributed by atoms with Crippen LogP contribution >= 0.6 is 0 Å². The molecule has 0 aliphatic heterocycles. The van der Waals surface area contributed by atoms with Crippen LogP contribution in [0.3, 0.4) is 0 Å². The number of carbonyl (C=O) groups excluding carboxylic acids is 1. The van der Waals surface area contributed by atoms with Crippen molar-refractivity contribution in [3.63, 3.8) is 0 Å². The minimum Gasteiger partial charge on any atom is -0.364 e. The summed E-state index contributed by atoms with van der Waals surface area (Å²) in [5.41, 5.74) is 0.628. The fourth-order valence-electron chi connectivity index (χ4n) is 1.65. The summed E-state index contributed by atoms with van der Waals surface area (Å²) in [5, 5.41) is 16.5. The van der Waals surface area contributed by atoms with Gasteiger partial charge in [0, 0.05) is 11.2 Å². The van der Waals surface area contributed by atoms with Crippen molar-refractivity contribution >= 4 is 23.4 Å². The standard InChI is InChI=1S/C15H19N5O/c1-15(2,3)18-13-10-9-12(19-20-13)17-14(21)16-11-7-5-4-6-8-11/h4-10H,1-3H3,(H,18,20)(H2,16,17,19,21). The second kappa shape index (κ2) is 6.21. The van der Waals surface area contributed by atoms with Gasteiger partial charge in [0.2, 0.25) is 0 Å². The van der Waals surface area contributed by atoms with Crippen molar-refractivity contribution in [1.29, 1.82) is 0 Å². The molecule has 21 heavy (non-hydrogen) atoms. The van der Waals surface area contributed by atoms with Crippen LogP contribution in [0.2, 0.25) is 0 Å². The maximum Gasteiger partial charge on any atom is 0.324 e. The summed E-state index contributed by atoms with van der Waals surface area (Å²) in [6.45, 7) is 6.11. The first-order valence-corrected chi connectivity index (χ1v) is 6.67. The summed E-state index contributed by atoms with van der Waals surface area (Å²) in [4.78, 5) is 11.8. The highest BCUT2D eigenvalue weighted by Gasteiger charge is 2.10. The van der Waals surface area contributed by atoms with E-state index in [4.69, 9.17) is 0 Å². The molecule has 2 amide bonds. The number of carbonyl (C=O) groups is 1. The van der Waals surface area contributed by atoms with Crippen molar-refractivity contribution in [2.75, 3.05) is 16.0 Å². The lowest BCUT2D eigenvalue weighted by Gasteiger charge is -2.20. The first-order chi connectivity index (χ1) is 9.92. The van der Waals surface area contributed by atoms with Gasteiger partial charge in [0.1, 0.15) is 5.82 Å². The van der Waals surface area contributed by atoms with Crippen LogP contribution in [0.25, 0.3) is 0 Å². The normalized spacial score (nSPS) is 10.8. The third kappa shape index (κ3) is 5.10. The Balaban J connectivity index is 1.92. The molecule has 2 aromatic rings. The summed E-state index contributed by atoms with van der Waals surface area (Å²) >= 11 is 0. The van der Waals surface area contributed by atoms with E-state index >= 15 is 0 Å². The third-order valence-electron chi connectivity index (χ3n) is 2.44. The van der Waals surface area contributed by atoms with Crippen molar-refractivity contribution in [3.05, 3.63) is 42.5 Å². The van der Waals surface area contributed by atoms with Crippen LogP contribution in [0, 0.1) is 0 Å². The second-order valence-corrected chi connectivity index (χ2v) is 5.62. The summed E-state index contributed by atoms with van der Waals surface area (Å²) in [6, 6.07) is 12.3. The fourth-order valence-corrected chi connectivity index (χ4v) is 1.65. The van der Waals surface area contributed by atoms with Crippen LogP contribution in [0.15, 0.2) is 42.5 Å². The molecule has 3 N–H and O–H groups in total. The smallest absolute Gasteiger partial charge is 0.324 e. The number of hydrogen-bond acceptors (Lipinski definition) is 4. The molecule has 6 heteroatoms. The van der Waals surface area contributed by atoms with Crippen molar-refractivity contribution in [2.24, 2.45) is 0 Å². The maximum atomic E-state index is 11.8. The Bertz CT molecular complexity index is 590. The molecule has 2 rings (SSSR count). The lowest BCUT2D eigenvalue weighted by molar-refractivity contribution is 0.262. The Kier molecular flexibility index (Phi) is 4.37. The molecule has 0 saturated heterocycles. The molecular weight excluding hydrogens is 266 g/mol. The van der Waals surface area contributed by atoms with E-state index in [1.807, 2.05) is 51.1 Å². The molecule has 0 spiro atoms. The van der Waals surface area contributed by atoms with E-state index in [2.05, 4.69) is 26.1 Å². The molecule has 0 saturated carbocycles. The van der Waals surface area contributed by atoms with Crippen molar-refractivity contribution in [1.82, 2.24) is 10.2 Å². The molecule has 1 aromatic carbocycles. The van der Waals surface area contributed by atoms with Gasteiger partial charge < -0.3 is 10.6 Å². The number of para-hydroxylation sites is 1. The van der Waals surface area contributed by atoms with Gasteiger partial charge in [-0.15, -0.1) is 10.2 Å². The Labute approximate surface area is 124 Å². The summed E-state index contributed by atoms with van der Waals surface area (Å²) in [7, 11) is 0. The number of nitrogens with one attached hydrogen (secondary N) is 3. The Morgan fingerprint density at radius 3 is 2.10 bits per heavy atom. The molecule has 0 aliphatic carbocycles. The van der Waals surface area contributed by atoms with E-state index < -0.39 is 0 Å². The highest BCUT2D eigenvalue weighted by atomic mass is 16.2. The van der Waals surface area contributed by atoms with E-state index in [1.54, 1.807) is 12.1 Å². The molecule has 110 valence electrons. The Morgan fingerprint density at radius 1 is 0.905 bits per heavy atom. The van der Waals surface area contributed by atoms with Crippen molar-refractivity contribution < 1.29 is 4.79 Å². The van der Waals surface area contributed by atoms with E-state index in [0.717, 1.165) is 0 Å². The molecule has 0 fully saturated rings. The largest absolute Gasteiger partial charge is 0.364 e. The quantitative estimate of drug-likeness (QED) is 0.808. The van der Waals surface area contributed by atoms with Crippen LogP contribution in [0.1, 0.15) is 20.8 Å². The maximum absolute atomic E-state index is 11.8. The van der Waals surface area contributed by atoms with Gasteiger partial charge in [-0.1, -0.05) is 18.2 Å². The highest BCUT2D eigenvalue weighted by molar-refractivity contribution is 5.99. The van der Waals surface area contributed by atoms with Gasteiger partial charge in [-0.2, -0.15) is 0 Å². The van der Waals surface area contributed by atoms with E-state index in [-0.39, 0.29) is 11.6 Å². The topological polar surface area (TPSA) is 78.9 Å². The first-order valence-electron chi connectivity index (χ1n) is 6.67. The van der Waals surface area contributed by atoms with Crippen molar-refractivity contribution in [2.45, 2.75) is 26.3 Å². The average molecular weight is 285 g/mol. The van der Waals surface area contributed by atoms with Crippen LogP contribution in [0.4, 0.5) is 22.1 Å². The lowest BCUT2D eigenvalue weighted by Crippen LogP contribution is -2.27. The number of rotatable bonds is 3. The van der Waals surface area contributed by atoms with Crippen LogP contribution in [0.5, 0.6) is 0 Å². The highest BCUT2D eigenvalue weighted by Crippen LogP contribution is 2.12. The summed E-state index contributed by atoms with van der Waals surface area (Å²) < 4.78 is 0. The molecule has 0 aliphatic rings. The number of nitrogens with zero attached hydrogens (tertiary/aromatic N) is 2. The number of amides is 2. The summed E-state index contributed by atoms with van der Waals surface area (Å²) in [6.07, 6.45) is 0. The molecule has 0 atom stereocenters. The number of urea groups is 1. The zero-order chi connectivity index (χ0) is 15.3. The van der Waals surface area contributed by atoms with Gasteiger partial charge in [0.15, 0.2) is 5.82 Å². The number of aromatic nitrogens is 2. The lowest BCUT2D eigenvalue weighted by atomic mass is 10.1. The van der Waals surface area contributed by atoms with Gasteiger partial charge in [-0.05, 0) is 45.0 Å². The fraction of sp³-hybridized carbons (Fsp3) is 0.267. The number of benzene rings is 1. The Hall–Kier alpha value is -2.63. The molecule has 1 aromatic heterocycles. The SMILES string of the molecule is CC(C)(C)Nc1ccc(NC(=O)Nc2ccccc2)nn1. The van der Waals surface area contributed by atoms with Crippen LogP contribution in [-0.4, -0.2) is 21.8 Å². The molecule has 1 heterocycles. The van der Waals surface area contributed by atoms with Gasteiger partial charge in [0.25, 0.3) is 0 Å². The minimum absolute atomic E-state index is 0.0890. The van der Waals surface area contributed by atoms with E-state index in [1.165, 1.54) is 0 Å². The second-order valence-electron chi connectivity index (χ2n) is 5.62. The van der Waals surface area contributed by atoms with Gasteiger partial charge >= 0.3 is 6.03 Å². The zero-order valence-electron chi connectivity index (χ0n) is 12.3. The van der Waals surface area contributed by atoms with E-state index in [9.17, 15) is 4.79 Å². The van der Waals surface area contributed by atoms with Crippen LogP contribution < -0.4 is 16.0 Å². The predicted octanol–water partition coefficient (Wildman–Crippen LogP) is 3.33. The monoisotopic (exact) mass is 285 g/mol. The molecular formula is C15H19N5O. The third-order valence-corrected chi connectivity index (χ3v) is 2.44. The Morgan fingerprint density at radius 2 is 1.52 bits per heavy atom. The average Bonchev–Trinajstić information content (AvgIpc) is 2.40. The number of hydrogen-bond donors (Lipinski definition) is 3. The molecule has 0 unspecified atom stereocenters. The van der Waals surface area contributed by atoms with Gasteiger partial charge in [-0.25, -0.2) is 4.79 Å². The van der Waals surface area contributed by atoms with Gasteiger partial charge in [-0.3, -0.25) is 5.32 Å².